The van der Waals surface area contributed by atoms with Crippen LogP contribution in [0.4, 0.5) is 0 Å². The van der Waals surface area contributed by atoms with E-state index in [4.69, 9.17) is 13.6 Å². The van der Waals surface area contributed by atoms with Crippen molar-refractivity contribution in [1.82, 2.24) is 0 Å². The Kier molecular flexibility index (Phi) is 5.58. The van der Waals surface area contributed by atoms with Gasteiger partial charge in [-0.3, -0.25) is 9.59 Å². The Labute approximate surface area is 223 Å². The van der Waals surface area contributed by atoms with Crippen molar-refractivity contribution < 1.29 is 39.1 Å². The van der Waals surface area contributed by atoms with Gasteiger partial charge in [0, 0.05) is 35.9 Å². The first-order valence-electron chi connectivity index (χ1n) is 11.8. The number of aromatic hydroxyl groups is 5. The quantitative estimate of drug-likeness (QED) is 0.192. The second-order valence-electron chi connectivity index (χ2n) is 8.94. The minimum absolute atomic E-state index is 0.0262. The lowest BCUT2D eigenvalue weighted by Crippen LogP contribution is -2.05. The highest BCUT2D eigenvalue weighted by Crippen LogP contribution is 2.39. The Morgan fingerprint density at radius 3 is 2.12 bits per heavy atom. The number of phenols is 5. The van der Waals surface area contributed by atoms with E-state index in [9.17, 15) is 35.1 Å². The molecule has 0 amide bonds. The van der Waals surface area contributed by atoms with Gasteiger partial charge in [-0.2, -0.15) is 0 Å². The molecule has 0 unspecified atom stereocenters. The zero-order valence-electron chi connectivity index (χ0n) is 20.3. The zero-order chi connectivity index (χ0) is 28.1. The molecule has 0 aliphatic rings. The zero-order valence-corrected chi connectivity index (χ0v) is 20.3. The Bertz CT molecular complexity index is 2070. The molecule has 0 radical (unpaired) electrons. The summed E-state index contributed by atoms with van der Waals surface area (Å²) in [6, 6.07) is 16.0. The molecule has 0 saturated carbocycles. The van der Waals surface area contributed by atoms with Crippen molar-refractivity contribution in [3.63, 3.8) is 0 Å². The Hall–Kier alpha value is -5.90. The van der Waals surface area contributed by atoms with Crippen LogP contribution in [0, 0.1) is 0 Å². The molecule has 0 fully saturated rings. The van der Waals surface area contributed by atoms with E-state index in [1.165, 1.54) is 54.8 Å². The van der Waals surface area contributed by atoms with E-state index < -0.39 is 22.4 Å². The molecule has 0 atom stereocenters. The molecule has 0 bridgehead atoms. The number of ether oxygens (including phenoxy) is 1. The number of hydrogen-bond donors (Lipinski definition) is 5. The topological polar surface area (TPSA) is 171 Å². The number of fused-ring (bicyclic) bond motifs is 2. The first kappa shape index (κ1) is 24.4. The Balaban J connectivity index is 1.38. The van der Waals surface area contributed by atoms with E-state index in [-0.39, 0.29) is 62.0 Å². The van der Waals surface area contributed by atoms with Gasteiger partial charge in [0.05, 0.1) is 5.56 Å². The maximum atomic E-state index is 13.1. The van der Waals surface area contributed by atoms with E-state index in [0.29, 0.717) is 11.1 Å². The highest BCUT2D eigenvalue weighted by atomic mass is 16.5. The van der Waals surface area contributed by atoms with Crippen LogP contribution in [0.3, 0.4) is 0 Å². The van der Waals surface area contributed by atoms with Crippen molar-refractivity contribution in [2.45, 2.75) is 0 Å². The molecule has 2 heterocycles. The number of benzene rings is 4. The van der Waals surface area contributed by atoms with E-state index in [2.05, 4.69) is 0 Å². The summed E-state index contributed by atoms with van der Waals surface area (Å²) in [5.41, 5.74) is -0.0737. The van der Waals surface area contributed by atoms with Crippen molar-refractivity contribution in [2.75, 3.05) is 0 Å². The summed E-state index contributed by atoms with van der Waals surface area (Å²) in [5.74, 6) is -1.34. The first-order valence-corrected chi connectivity index (χ1v) is 11.8. The third kappa shape index (κ3) is 4.19. The van der Waals surface area contributed by atoms with Crippen LogP contribution in [-0.2, 0) is 0 Å². The molecule has 40 heavy (non-hydrogen) atoms. The lowest BCUT2D eigenvalue weighted by molar-refractivity contribution is 0.408. The largest absolute Gasteiger partial charge is 0.508 e. The third-order valence-corrected chi connectivity index (χ3v) is 6.28. The maximum absolute atomic E-state index is 13.1. The summed E-state index contributed by atoms with van der Waals surface area (Å²) >= 11 is 0. The first-order chi connectivity index (χ1) is 19.2. The smallest absolute Gasteiger partial charge is 0.204 e. The summed E-state index contributed by atoms with van der Waals surface area (Å²) in [7, 11) is 0. The van der Waals surface area contributed by atoms with E-state index in [0.717, 1.165) is 12.1 Å². The molecule has 2 aromatic heterocycles. The highest BCUT2D eigenvalue weighted by molar-refractivity contribution is 5.88. The predicted octanol–water partition coefficient (Wildman–Crippen LogP) is 5.55. The molecule has 6 rings (SSSR count). The molecule has 4 aromatic carbocycles. The summed E-state index contributed by atoms with van der Waals surface area (Å²) in [4.78, 5) is 25.7. The molecule has 0 aliphatic carbocycles. The number of rotatable bonds is 4. The second-order valence-corrected chi connectivity index (χ2v) is 8.94. The van der Waals surface area contributed by atoms with Crippen molar-refractivity contribution in [2.24, 2.45) is 0 Å². The van der Waals surface area contributed by atoms with Crippen LogP contribution in [-0.4, -0.2) is 25.5 Å². The van der Waals surface area contributed by atoms with Gasteiger partial charge in [-0.05, 0) is 35.9 Å². The minimum Gasteiger partial charge on any atom is -0.508 e. The highest BCUT2D eigenvalue weighted by Gasteiger charge is 2.17. The van der Waals surface area contributed by atoms with Crippen LogP contribution >= 0.6 is 0 Å². The van der Waals surface area contributed by atoms with Crippen LogP contribution < -0.4 is 15.6 Å². The van der Waals surface area contributed by atoms with Gasteiger partial charge in [0.25, 0.3) is 0 Å². The molecule has 5 N–H and O–H groups in total. The lowest BCUT2D eigenvalue weighted by atomic mass is 10.0. The van der Waals surface area contributed by atoms with Crippen molar-refractivity contribution in [1.29, 1.82) is 0 Å². The van der Waals surface area contributed by atoms with Gasteiger partial charge in [0.15, 0.2) is 16.9 Å². The summed E-state index contributed by atoms with van der Waals surface area (Å²) in [5, 5.41) is 50.2. The molecular weight excluding hydrogens is 520 g/mol. The van der Waals surface area contributed by atoms with Gasteiger partial charge >= 0.3 is 0 Å². The summed E-state index contributed by atoms with van der Waals surface area (Å²) in [6.07, 6.45) is 1.23. The minimum atomic E-state index is -0.551. The van der Waals surface area contributed by atoms with Crippen molar-refractivity contribution in [3.8, 4) is 62.7 Å². The fourth-order valence-corrected chi connectivity index (χ4v) is 4.38. The van der Waals surface area contributed by atoms with E-state index in [1.54, 1.807) is 12.1 Å². The summed E-state index contributed by atoms with van der Waals surface area (Å²) in [6.45, 7) is 0. The standard InChI is InChI=1S/C30H18O10/c31-16-4-1-14(2-5-16)19-13-38-26-11-18(10-22(35)29(26)30(19)37)39-25-7-15(3-6-20(25)33)24-12-23(36)28-21(34)8-17(32)9-27(28)40-24/h1-13,31-35H. The molecule has 10 heteroatoms. The normalized spacial score (nSPS) is 11.2. The molecule has 0 saturated heterocycles. The van der Waals surface area contributed by atoms with Gasteiger partial charge < -0.3 is 39.1 Å². The second kappa shape index (κ2) is 9.14. The van der Waals surface area contributed by atoms with Gasteiger partial charge in [-0.15, -0.1) is 0 Å². The molecule has 6 aromatic rings. The van der Waals surface area contributed by atoms with Crippen LogP contribution in [0.1, 0.15) is 0 Å². The van der Waals surface area contributed by atoms with Gasteiger partial charge in [0.1, 0.15) is 62.7 Å². The van der Waals surface area contributed by atoms with E-state index in [1.807, 2.05) is 0 Å². The predicted molar refractivity (Wildman–Crippen MR) is 144 cm³/mol. The van der Waals surface area contributed by atoms with Crippen LogP contribution in [0.2, 0.25) is 0 Å². The van der Waals surface area contributed by atoms with Crippen molar-refractivity contribution >= 4 is 21.9 Å². The fraction of sp³-hybridized carbons (Fsp3) is 0. The van der Waals surface area contributed by atoms with Crippen LogP contribution in [0.15, 0.2) is 97.5 Å². The lowest BCUT2D eigenvalue weighted by Gasteiger charge is -2.12. The molecule has 0 aliphatic heterocycles. The SMILES string of the molecule is O=c1cc(-c2ccc(O)c(Oc3cc(O)c4c(=O)c(-c5ccc(O)cc5)coc4c3)c2)oc2cc(O)cc(O)c12. The van der Waals surface area contributed by atoms with Crippen LogP contribution in [0.5, 0.6) is 40.2 Å². The number of hydrogen-bond acceptors (Lipinski definition) is 10. The van der Waals surface area contributed by atoms with Gasteiger partial charge in [0.2, 0.25) is 5.43 Å². The van der Waals surface area contributed by atoms with Gasteiger partial charge in [-0.25, -0.2) is 0 Å². The average molecular weight is 538 g/mol. The maximum Gasteiger partial charge on any atom is 0.204 e. The Morgan fingerprint density at radius 2 is 1.35 bits per heavy atom. The molecular formula is C30H18O10. The number of phenolic OH excluding ortho intramolecular Hbond substituents is 5. The Morgan fingerprint density at radius 1 is 0.625 bits per heavy atom. The fourth-order valence-electron chi connectivity index (χ4n) is 4.38. The van der Waals surface area contributed by atoms with E-state index >= 15 is 0 Å². The summed E-state index contributed by atoms with van der Waals surface area (Å²) < 4.78 is 17.1. The molecule has 10 nitrogen and oxygen atoms in total. The molecule has 198 valence electrons. The average Bonchev–Trinajstić information content (AvgIpc) is 2.90. The molecule has 0 spiro atoms. The van der Waals surface area contributed by atoms with Crippen LogP contribution in [0.25, 0.3) is 44.4 Å². The van der Waals surface area contributed by atoms with Gasteiger partial charge in [-0.1, -0.05) is 12.1 Å². The monoisotopic (exact) mass is 538 g/mol. The third-order valence-electron chi connectivity index (χ3n) is 6.28. The van der Waals surface area contributed by atoms with Crippen molar-refractivity contribution in [3.05, 3.63) is 99.5 Å².